The number of benzene rings is 3. The predicted molar refractivity (Wildman–Crippen MR) is 147 cm³/mol. The highest BCUT2D eigenvalue weighted by molar-refractivity contribution is 6.30. The number of rotatable bonds is 3. The van der Waals surface area contributed by atoms with Gasteiger partial charge in [-0.2, -0.15) is 0 Å². The van der Waals surface area contributed by atoms with Crippen LogP contribution >= 0.6 is 11.6 Å². The van der Waals surface area contributed by atoms with Gasteiger partial charge in [-0.05, 0) is 53.3 Å². The van der Waals surface area contributed by atoms with Crippen LogP contribution in [0.2, 0.25) is 5.02 Å². The van der Waals surface area contributed by atoms with Gasteiger partial charge in [0.05, 0.1) is 17.2 Å². The minimum atomic E-state index is -0.976. The lowest BCUT2D eigenvalue weighted by atomic mass is 9.83. The predicted octanol–water partition coefficient (Wildman–Crippen LogP) is 6.01. The van der Waals surface area contributed by atoms with Gasteiger partial charge in [-0.1, -0.05) is 74.8 Å². The summed E-state index contributed by atoms with van der Waals surface area (Å²) >= 11 is 6.22. The van der Waals surface area contributed by atoms with Crippen molar-refractivity contribution < 1.29 is 14.4 Å². The van der Waals surface area contributed by atoms with Gasteiger partial charge in [0, 0.05) is 28.2 Å². The summed E-state index contributed by atoms with van der Waals surface area (Å²) in [4.78, 5) is 48.2. The van der Waals surface area contributed by atoms with Crippen molar-refractivity contribution in [3.63, 3.8) is 0 Å². The molecule has 0 spiro atoms. The van der Waals surface area contributed by atoms with E-state index < -0.39 is 29.3 Å². The molecule has 192 valence electrons. The maximum Gasteiger partial charge on any atom is 0.262 e. The number of carbonyl (C=O) groups excluding carboxylic acids is 3. The maximum atomic E-state index is 14.6. The number of nitrogens with zero attached hydrogens (tertiary/aromatic N) is 2. The molecule has 7 heteroatoms. The van der Waals surface area contributed by atoms with Gasteiger partial charge in [-0.15, -0.1) is 0 Å². The van der Waals surface area contributed by atoms with E-state index in [4.69, 9.17) is 11.6 Å². The van der Waals surface area contributed by atoms with E-state index in [9.17, 15) is 14.4 Å². The van der Waals surface area contributed by atoms with Gasteiger partial charge in [0.1, 0.15) is 6.04 Å². The van der Waals surface area contributed by atoms with E-state index >= 15 is 0 Å². The Labute approximate surface area is 226 Å². The summed E-state index contributed by atoms with van der Waals surface area (Å²) in [6.45, 7) is 6.15. The summed E-state index contributed by atoms with van der Waals surface area (Å²) in [5.74, 6) is -1.10. The largest absolute Gasteiger partial charge is 0.356 e. The number of halogens is 1. The fourth-order valence-corrected chi connectivity index (χ4v) is 6.06. The molecule has 0 saturated heterocycles. The number of carbonyl (C=O) groups is 3. The molecule has 3 heterocycles. The Morgan fingerprint density at radius 2 is 1.53 bits per heavy atom. The normalized spacial score (nSPS) is 18.1. The third-order valence-corrected chi connectivity index (χ3v) is 7.89. The maximum absolute atomic E-state index is 14.6. The molecule has 6 nitrogen and oxygen atoms in total. The molecule has 0 bridgehead atoms. The molecule has 2 atom stereocenters. The SMILES string of the molecule is CC(C)(C)[C@@H](C(=O)N1CCc2c([nH]c3ccccc23)[C@H]1c1ccc(Cl)cc1)N1C(=O)c2ccccc2C1=O. The lowest BCUT2D eigenvalue weighted by molar-refractivity contribution is -0.141. The molecule has 0 radical (unpaired) electrons. The Morgan fingerprint density at radius 1 is 0.921 bits per heavy atom. The van der Waals surface area contributed by atoms with E-state index in [2.05, 4.69) is 11.1 Å². The average Bonchev–Trinajstić information content (AvgIpc) is 3.39. The first kappa shape index (κ1) is 24.4. The van der Waals surface area contributed by atoms with Gasteiger partial charge in [0.2, 0.25) is 5.91 Å². The standard InChI is InChI=1S/C31H28ClN3O3/c1-31(2,3)27(35-28(36)22-9-4-5-10-23(22)29(35)37)30(38)34-17-16-21-20-8-6-7-11-24(20)33-25(21)26(34)18-12-14-19(32)15-13-18/h4-15,26-27,33H,16-17H2,1-3H3/t26-,27-/m1/s1. The minimum absolute atomic E-state index is 0.253. The quantitative estimate of drug-likeness (QED) is 0.333. The van der Waals surface area contributed by atoms with Crippen LogP contribution in [0.25, 0.3) is 10.9 Å². The molecule has 1 aromatic heterocycles. The molecule has 0 aliphatic carbocycles. The summed E-state index contributed by atoms with van der Waals surface area (Å²) in [6.07, 6.45) is 0.661. The lowest BCUT2D eigenvalue weighted by Gasteiger charge is -2.43. The molecule has 38 heavy (non-hydrogen) atoms. The summed E-state index contributed by atoms with van der Waals surface area (Å²) in [5.41, 5.74) is 4.02. The molecule has 1 N–H and O–H groups in total. The molecule has 0 unspecified atom stereocenters. The number of hydrogen-bond acceptors (Lipinski definition) is 3. The Kier molecular flexibility index (Phi) is 5.69. The van der Waals surface area contributed by atoms with Crippen LogP contribution in [0.15, 0.2) is 72.8 Å². The summed E-state index contributed by atoms with van der Waals surface area (Å²) in [5, 5.41) is 1.75. The summed E-state index contributed by atoms with van der Waals surface area (Å²) < 4.78 is 0. The van der Waals surface area contributed by atoms with Gasteiger partial charge in [0.25, 0.3) is 11.8 Å². The number of nitrogens with one attached hydrogen (secondary N) is 1. The van der Waals surface area contributed by atoms with Gasteiger partial charge in [0.15, 0.2) is 0 Å². The van der Waals surface area contributed by atoms with Crippen LogP contribution in [0, 0.1) is 5.41 Å². The number of aromatic nitrogens is 1. The van der Waals surface area contributed by atoms with Crippen molar-refractivity contribution in [1.29, 1.82) is 0 Å². The van der Waals surface area contributed by atoms with Gasteiger partial charge in [-0.25, -0.2) is 0 Å². The second-order valence-corrected chi connectivity index (χ2v) is 11.5. The Balaban J connectivity index is 1.48. The van der Waals surface area contributed by atoms with Crippen LogP contribution in [0.5, 0.6) is 0 Å². The second-order valence-electron chi connectivity index (χ2n) is 11.1. The monoisotopic (exact) mass is 525 g/mol. The molecule has 0 saturated carbocycles. The third-order valence-electron chi connectivity index (χ3n) is 7.64. The number of imide groups is 1. The summed E-state index contributed by atoms with van der Waals surface area (Å²) in [7, 11) is 0. The van der Waals surface area contributed by atoms with Gasteiger partial charge < -0.3 is 9.88 Å². The van der Waals surface area contributed by atoms with E-state index in [0.29, 0.717) is 29.1 Å². The fourth-order valence-electron chi connectivity index (χ4n) is 5.94. The van der Waals surface area contributed by atoms with Crippen LogP contribution in [0.3, 0.4) is 0 Å². The van der Waals surface area contributed by atoms with Crippen molar-refractivity contribution in [2.24, 2.45) is 5.41 Å². The minimum Gasteiger partial charge on any atom is -0.356 e. The Morgan fingerprint density at radius 3 is 2.16 bits per heavy atom. The van der Waals surface area contributed by atoms with E-state index in [0.717, 1.165) is 22.2 Å². The van der Waals surface area contributed by atoms with E-state index in [1.54, 1.807) is 24.3 Å². The molecule has 3 amide bonds. The fraction of sp³-hybridized carbons (Fsp3) is 0.258. The Hall–Kier alpha value is -3.90. The molecule has 3 aromatic carbocycles. The topological polar surface area (TPSA) is 73.5 Å². The Bertz CT molecular complexity index is 1560. The third kappa shape index (κ3) is 3.74. The molecule has 2 aliphatic rings. The van der Waals surface area contributed by atoms with Crippen LogP contribution in [0.4, 0.5) is 0 Å². The zero-order valence-electron chi connectivity index (χ0n) is 21.5. The van der Waals surface area contributed by atoms with Crippen molar-refractivity contribution in [2.45, 2.75) is 39.3 Å². The van der Waals surface area contributed by atoms with Gasteiger partial charge in [-0.3, -0.25) is 19.3 Å². The van der Waals surface area contributed by atoms with E-state index in [1.807, 2.05) is 68.1 Å². The van der Waals surface area contributed by atoms with Crippen molar-refractivity contribution >= 4 is 40.2 Å². The van der Waals surface area contributed by atoms with E-state index in [1.165, 1.54) is 10.5 Å². The van der Waals surface area contributed by atoms with Crippen LogP contribution in [0.1, 0.15) is 64.3 Å². The van der Waals surface area contributed by atoms with Crippen molar-refractivity contribution in [2.75, 3.05) is 6.54 Å². The lowest BCUT2D eigenvalue weighted by Crippen LogP contribution is -2.58. The molecule has 6 rings (SSSR count). The smallest absolute Gasteiger partial charge is 0.262 e. The van der Waals surface area contributed by atoms with Crippen LogP contribution in [-0.4, -0.2) is 45.1 Å². The highest BCUT2D eigenvalue weighted by atomic mass is 35.5. The first-order chi connectivity index (χ1) is 18.2. The number of fused-ring (bicyclic) bond motifs is 4. The van der Waals surface area contributed by atoms with Crippen LogP contribution in [-0.2, 0) is 11.2 Å². The van der Waals surface area contributed by atoms with Crippen molar-refractivity contribution in [3.8, 4) is 0 Å². The number of amides is 3. The van der Waals surface area contributed by atoms with Crippen LogP contribution < -0.4 is 0 Å². The first-order valence-corrected chi connectivity index (χ1v) is 13.2. The zero-order valence-corrected chi connectivity index (χ0v) is 22.3. The number of H-pyrrole nitrogens is 1. The highest BCUT2D eigenvalue weighted by Gasteiger charge is 2.50. The highest BCUT2D eigenvalue weighted by Crippen LogP contribution is 2.41. The molecule has 4 aromatic rings. The number of para-hydroxylation sites is 1. The molecule has 0 fully saturated rings. The second kappa shape index (κ2) is 8.84. The number of aromatic amines is 1. The summed E-state index contributed by atoms with van der Waals surface area (Å²) in [6, 6.07) is 21.0. The van der Waals surface area contributed by atoms with E-state index in [-0.39, 0.29) is 5.91 Å². The number of hydrogen-bond donors (Lipinski definition) is 1. The molecule has 2 aliphatic heterocycles. The van der Waals surface area contributed by atoms with Gasteiger partial charge >= 0.3 is 0 Å². The first-order valence-electron chi connectivity index (χ1n) is 12.8. The average molecular weight is 526 g/mol. The molecular weight excluding hydrogens is 498 g/mol. The van der Waals surface area contributed by atoms with Crippen molar-refractivity contribution in [1.82, 2.24) is 14.8 Å². The zero-order chi connectivity index (χ0) is 26.8. The molecular formula is C31H28ClN3O3. The van der Waals surface area contributed by atoms with Crippen molar-refractivity contribution in [3.05, 3.63) is 106 Å².